The average Bonchev–Trinajstić information content (AvgIpc) is 3.00. The number of hydrogen-bond donors (Lipinski definition) is 1. The molecule has 1 unspecified atom stereocenters. The molecule has 5 nitrogen and oxygen atoms in total. The van der Waals surface area contributed by atoms with E-state index in [4.69, 9.17) is 4.74 Å². The summed E-state index contributed by atoms with van der Waals surface area (Å²) in [6, 6.07) is 13.9. The van der Waals surface area contributed by atoms with Gasteiger partial charge in [-0.25, -0.2) is 4.79 Å². The van der Waals surface area contributed by atoms with Crippen LogP contribution in [0.1, 0.15) is 5.56 Å². The maximum absolute atomic E-state index is 11.3. The Bertz CT molecular complexity index is 809. The zero-order valence-corrected chi connectivity index (χ0v) is 15.7. The van der Waals surface area contributed by atoms with Crippen LogP contribution in [0.25, 0.3) is 0 Å². The lowest BCUT2D eigenvalue weighted by Gasteiger charge is -2.25. The molecule has 1 amide bonds. The van der Waals surface area contributed by atoms with Crippen LogP contribution in [0.5, 0.6) is 5.75 Å². The number of nitrogens with one attached hydrogen (secondary N) is 1. The number of methoxy groups -OCH3 is 1. The molecule has 0 bridgehead atoms. The number of para-hydroxylation sites is 1. The number of benzene rings is 2. The van der Waals surface area contributed by atoms with E-state index in [1.165, 1.54) is 17.7 Å². The second kappa shape index (κ2) is 8.19. The van der Waals surface area contributed by atoms with Crippen molar-refractivity contribution < 1.29 is 14.3 Å². The highest BCUT2D eigenvalue weighted by Crippen LogP contribution is 2.43. The fourth-order valence-electron chi connectivity index (χ4n) is 2.83. The molecule has 1 aliphatic rings. The van der Waals surface area contributed by atoms with E-state index in [0.717, 1.165) is 17.9 Å². The fourth-order valence-corrected chi connectivity index (χ4v) is 4.05. The van der Waals surface area contributed by atoms with Crippen LogP contribution in [0, 0.1) is 6.92 Å². The van der Waals surface area contributed by atoms with E-state index in [0.29, 0.717) is 12.3 Å². The quantitative estimate of drug-likeness (QED) is 0.749. The number of carbonyl (C=O) groups is 1. The molecule has 0 fully saturated rings. The Balaban J connectivity index is 1.66. The van der Waals surface area contributed by atoms with Gasteiger partial charge in [-0.15, -0.1) is 6.58 Å². The number of hydrogen-bond acceptors (Lipinski definition) is 5. The summed E-state index contributed by atoms with van der Waals surface area (Å²) in [4.78, 5) is 14.9. The second-order valence-corrected chi connectivity index (χ2v) is 7.11. The van der Waals surface area contributed by atoms with Gasteiger partial charge < -0.3 is 14.4 Å². The van der Waals surface area contributed by atoms with Crippen LogP contribution in [0.3, 0.4) is 0 Å². The number of rotatable bonds is 6. The first-order valence-electron chi connectivity index (χ1n) is 8.34. The smallest absolute Gasteiger partial charge is 0.411 e. The van der Waals surface area contributed by atoms with Crippen LogP contribution < -0.4 is 15.0 Å². The third-order valence-electron chi connectivity index (χ3n) is 4.12. The highest BCUT2D eigenvalue weighted by molar-refractivity contribution is 8.00. The second-order valence-electron chi connectivity index (χ2n) is 5.89. The zero-order valence-electron chi connectivity index (χ0n) is 14.9. The number of carbonyl (C=O) groups excluding carboxylic acids is 1. The number of thioether (sulfide) groups is 1. The van der Waals surface area contributed by atoms with Gasteiger partial charge in [0, 0.05) is 17.1 Å². The van der Waals surface area contributed by atoms with Gasteiger partial charge in [0.25, 0.3) is 0 Å². The molecular weight excluding hydrogens is 348 g/mol. The number of ether oxygens (including phenoxy) is 2. The number of aryl methyl sites for hydroxylation is 1. The average molecular weight is 370 g/mol. The molecule has 1 atom stereocenters. The SMILES string of the molecule is C=CCN1c2ccccc2SC1COc1ccc(NC(=O)OC)c(C)c1. The van der Waals surface area contributed by atoms with Crippen LogP contribution in [0.4, 0.5) is 16.2 Å². The zero-order chi connectivity index (χ0) is 18.5. The summed E-state index contributed by atoms with van der Waals surface area (Å²) in [6.07, 6.45) is 1.43. The lowest BCUT2D eigenvalue weighted by Crippen LogP contribution is -2.34. The van der Waals surface area contributed by atoms with Crippen LogP contribution in [0.2, 0.25) is 0 Å². The van der Waals surface area contributed by atoms with Crippen molar-refractivity contribution in [2.24, 2.45) is 0 Å². The first-order valence-corrected chi connectivity index (χ1v) is 9.22. The molecule has 1 N–H and O–H groups in total. The number of amides is 1. The third kappa shape index (κ3) is 3.96. The molecule has 6 heteroatoms. The molecule has 1 heterocycles. The topological polar surface area (TPSA) is 50.8 Å². The summed E-state index contributed by atoms with van der Waals surface area (Å²) in [5.74, 6) is 0.771. The lowest BCUT2D eigenvalue weighted by atomic mass is 10.2. The minimum absolute atomic E-state index is 0.193. The van der Waals surface area contributed by atoms with Gasteiger partial charge in [-0.3, -0.25) is 5.32 Å². The predicted molar refractivity (Wildman–Crippen MR) is 106 cm³/mol. The summed E-state index contributed by atoms with van der Waals surface area (Å²) in [5.41, 5.74) is 2.85. The van der Waals surface area contributed by atoms with Crippen LogP contribution >= 0.6 is 11.8 Å². The normalized spacial score (nSPS) is 15.3. The van der Waals surface area contributed by atoms with Gasteiger partial charge in [0.05, 0.1) is 12.8 Å². The van der Waals surface area contributed by atoms with Crippen molar-refractivity contribution in [2.75, 3.05) is 30.5 Å². The van der Waals surface area contributed by atoms with E-state index in [2.05, 4.69) is 45.8 Å². The standard InChI is InChI=1S/C20H22N2O3S/c1-4-11-22-17-7-5-6-8-18(17)26-19(22)13-25-15-9-10-16(14(2)12-15)21-20(23)24-3/h4-10,12,19H,1,11,13H2,2-3H3,(H,21,23). The molecule has 0 radical (unpaired) electrons. The third-order valence-corrected chi connectivity index (χ3v) is 5.39. The van der Waals surface area contributed by atoms with Crippen molar-refractivity contribution in [3.8, 4) is 5.75 Å². The molecule has 0 spiro atoms. The van der Waals surface area contributed by atoms with Crippen molar-refractivity contribution >= 4 is 29.2 Å². The van der Waals surface area contributed by atoms with E-state index in [1.807, 2.05) is 31.2 Å². The van der Waals surface area contributed by atoms with Crippen molar-refractivity contribution in [2.45, 2.75) is 17.2 Å². The van der Waals surface area contributed by atoms with Crippen LogP contribution in [-0.2, 0) is 4.74 Å². The Hall–Kier alpha value is -2.60. The summed E-state index contributed by atoms with van der Waals surface area (Å²) in [6.45, 7) is 7.11. The molecule has 0 saturated heterocycles. The Morgan fingerprint density at radius 3 is 2.88 bits per heavy atom. The van der Waals surface area contributed by atoms with Gasteiger partial charge in [0.1, 0.15) is 17.7 Å². The van der Waals surface area contributed by atoms with Crippen molar-refractivity contribution in [1.82, 2.24) is 0 Å². The summed E-state index contributed by atoms with van der Waals surface area (Å²) in [7, 11) is 1.34. The maximum Gasteiger partial charge on any atom is 0.411 e. The van der Waals surface area contributed by atoms with Gasteiger partial charge in [0.2, 0.25) is 0 Å². The van der Waals surface area contributed by atoms with E-state index in [1.54, 1.807) is 11.8 Å². The first-order chi connectivity index (χ1) is 12.6. The molecule has 1 aliphatic heterocycles. The fraction of sp³-hybridized carbons (Fsp3) is 0.250. The van der Waals surface area contributed by atoms with Gasteiger partial charge in [-0.2, -0.15) is 0 Å². The Morgan fingerprint density at radius 1 is 1.35 bits per heavy atom. The minimum atomic E-state index is -0.484. The Labute approximate surface area is 158 Å². The van der Waals surface area contributed by atoms with Gasteiger partial charge in [-0.1, -0.05) is 30.0 Å². The Kier molecular flexibility index (Phi) is 5.73. The monoisotopic (exact) mass is 370 g/mol. The van der Waals surface area contributed by atoms with Crippen molar-refractivity contribution in [3.05, 3.63) is 60.7 Å². The lowest BCUT2D eigenvalue weighted by molar-refractivity contribution is 0.187. The molecular formula is C20H22N2O3S. The summed E-state index contributed by atoms with van der Waals surface area (Å²) in [5, 5.41) is 2.87. The molecule has 2 aromatic carbocycles. The molecule has 26 heavy (non-hydrogen) atoms. The van der Waals surface area contributed by atoms with Crippen LogP contribution in [0.15, 0.2) is 60.0 Å². The summed E-state index contributed by atoms with van der Waals surface area (Å²) < 4.78 is 10.6. The van der Waals surface area contributed by atoms with E-state index >= 15 is 0 Å². The molecule has 0 aliphatic carbocycles. The van der Waals surface area contributed by atoms with Gasteiger partial charge >= 0.3 is 6.09 Å². The number of fused-ring (bicyclic) bond motifs is 1. The van der Waals surface area contributed by atoms with E-state index in [-0.39, 0.29) is 5.37 Å². The minimum Gasteiger partial charge on any atom is -0.491 e. The highest BCUT2D eigenvalue weighted by atomic mass is 32.2. The molecule has 3 rings (SSSR count). The van der Waals surface area contributed by atoms with E-state index in [9.17, 15) is 4.79 Å². The molecule has 2 aromatic rings. The van der Waals surface area contributed by atoms with Gasteiger partial charge in [0.15, 0.2) is 0 Å². The molecule has 0 saturated carbocycles. The van der Waals surface area contributed by atoms with Gasteiger partial charge in [-0.05, 0) is 42.8 Å². The number of nitrogens with zero attached hydrogens (tertiary/aromatic N) is 1. The van der Waals surface area contributed by atoms with Crippen LogP contribution in [-0.4, -0.2) is 31.7 Å². The predicted octanol–water partition coefficient (Wildman–Crippen LogP) is 4.68. The largest absolute Gasteiger partial charge is 0.491 e. The Morgan fingerprint density at radius 2 is 2.15 bits per heavy atom. The first kappa shape index (κ1) is 18.2. The number of anilines is 2. The molecule has 136 valence electrons. The molecule has 0 aromatic heterocycles. The van der Waals surface area contributed by atoms with E-state index < -0.39 is 6.09 Å². The van der Waals surface area contributed by atoms with Crippen molar-refractivity contribution in [3.63, 3.8) is 0 Å². The highest BCUT2D eigenvalue weighted by Gasteiger charge is 2.29. The summed E-state index contributed by atoms with van der Waals surface area (Å²) >= 11 is 1.80. The van der Waals surface area contributed by atoms with Crippen molar-refractivity contribution in [1.29, 1.82) is 0 Å². The maximum atomic E-state index is 11.3.